The number of hydrogen-bond acceptors (Lipinski definition) is 1. The summed E-state index contributed by atoms with van der Waals surface area (Å²) in [5.41, 5.74) is 0. The Morgan fingerprint density at radius 2 is 1.26 bits per heavy atom. The Kier molecular flexibility index (Phi) is 6.43. The largest absolute Gasteiger partial charge is 0.396 e. The molecule has 2 fully saturated rings. The third-order valence-electron chi connectivity index (χ3n) is 5.56. The van der Waals surface area contributed by atoms with Crippen molar-refractivity contribution in [3.05, 3.63) is 12.2 Å². The molecule has 0 heterocycles. The van der Waals surface area contributed by atoms with E-state index >= 15 is 0 Å². The Bertz CT molecular complexity index is 255. The van der Waals surface area contributed by atoms with Gasteiger partial charge in [-0.3, -0.25) is 0 Å². The summed E-state index contributed by atoms with van der Waals surface area (Å²) in [6.07, 6.45) is 18.6. The summed E-state index contributed by atoms with van der Waals surface area (Å²) in [7, 11) is 0. The molecule has 0 aromatic rings. The van der Waals surface area contributed by atoms with Gasteiger partial charge in [0.1, 0.15) is 0 Å². The molecule has 2 aliphatic rings. The first-order valence-electron chi connectivity index (χ1n) is 8.55. The molecule has 19 heavy (non-hydrogen) atoms. The fourth-order valence-corrected chi connectivity index (χ4v) is 4.12. The SMILES string of the molecule is CC=CC1CCC(CCC2CCC(CO)CC2)CC1. The molecule has 110 valence electrons. The number of allylic oxidation sites excluding steroid dienone is 2. The minimum Gasteiger partial charge on any atom is -0.396 e. The zero-order chi connectivity index (χ0) is 13.5. The van der Waals surface area contributed by atoms with Crippen LogP contribution >= 0.6 is 0 Å². The molecule has 0 saturated heterocycles. The summed E-state index contributed by atoms with van der Waals surface area (Å²) in [4.78, 5) is 0. The van der Waals surface area contributed by atoms with Gasteiger partial charge in [0.2, 0.25) is 0 Å². The van der Waals surface area contributed by atoms with Gasteiger partial charge in [0, 0.05) is 6.61 Å². The highest BCUT2D eigenvalue weighted by Gasteiger charge is 2.23. The Balaban J connectivity index is 1.59. The first-order chi connectivity index (χ1) is 9.31. The van der Waals surface area contributed by atoms with Gasteiger partial charge in [-0.2, -0.15) is 0 Å². The van der Waals surface area contributed by atoms with Crippen LogP contribution in [0.5, 0.6) is 0 Å². The first kappa shape index (κ1) is 15.1. The molecule has 0 aromatic carbocycles. The average molecular weight is 264 g/mol. The van der Waals surface area contributed by atoms with Crippen LogP contribution in [0.25, 0.3) is 0 Å². The van der Waals surface area contributed by atoms with Gasteiger partial charge >= 0.3 is 0 Å². The highest BCUT2D eigenvalue weighted by atomic mass is 16.3. The number of rotatable bonds is 5. The van der Waals surface area contributed by atoms with Crippen molar-refractivity contribution < 1.29 is 5.11 Å². The molecule has 2 rings (SSSR count). The summed E-state index contributed by atoms with van der Waals surface area (Å²) >= 11 is 0. The van der Waals surface area contributed by atoms with Crippen molar-refractivity contribution in [2.24, 2.45) is 23.7 Å². The van der Waals surface area contributed by atoms with Gasteiger partial charge in [-0.15, -0.1) is 0 Å². The van der Waals surface area contributed by atoms with E-state index in [9.17, 15) is 5.11 Å². The maximum atomic E-state index is 9.17. The minimum atomic E-state index is 0.418. The molecule has 0 aromatic heterocycles. The van der Waals surface area contributed by atoms with Crippen molar-refractivity contribution in [2.45, 2.75) is 71.1 Å². The molecule has 0 amide bonds. The fourth-order valence-electron chi connectivity index (χ4n) is 4.12. The summed E-state index contributed by atoms with van der Waals surface area (Å²) in [5, 5.41) is 9.17. The predicted molar refractivity (Wildman–Crippen MR) is 82.0 cm³/mol. The van der Waals surface area contributed by atoms with E-state index in [1.54, 1.807) is 0 Å². The molecular weight excluding hydrogens is 232 g/mol. The molecule has 0 atom stereocenters. The van der Waals surface area contributed by atoms with Crippen LogP contribution in [0.2, 0.25) is 0 Å². The predicted octanol–water partition coefficient (Wildman–Crippen LogP) is 4.95. The highest BCUT2D eigenvalue weighted by Crippen LogP contribution is 2.36. The van der Waals surface area contributed by atoms with E-state index in [0.29, 0.717) is 12.5 Å². The minimum absolute atomic E-state index is 0.418. The van der Waals surface area contributed by atoms with Gasteiger partial charge in [-0.05, 0) is 69.1 Å². The molecule has 2 saturated carbocycles. The zero-order valence-electron chi connectivity index (χ0n) is 12.7. The topological polar surface area (TPSA) is 20.2 Å². The molecule has 1 heteroatoms. The second-order valence-corrected chi connectivity index (χ2v) is 6.95. The Morgan fingerprint density at radius 3 is 1.74 bits per heavy atom. The van der Waals surface area contributed by atoms with Crippen molar-refractivity contribution in [2.75, 3.05) is 6.61 Å². The van der Waals surface area contributed by atoms with Crippen LogP contribution in [-0.2, 0) is 0 Å². The maximum absolute atomic E-state index is 9.17. The standard InChI is InChI=1S/C18H32O/c1-2-3-15-4-6-16(7-5-15)8-9-17-10-12-18(14-19)13-11-17/h2-3,15-19H,4-14H2,1H3. The van der Waals surface area contributed by atoms with E-state index in [1.807, 2.05) is 0 Å². The fraction of sp³-hybridized carbons (Fsp3) is 0.889. The summed E-state index contributed by atoms with van der Waals surface area (Å²) in [6, 6.07) is 0. The van der Waals surface area contributed by atoms with Crippen molar-refractivity contribution in [3.8, 4) is 0 Å². The van der Waals surface area contributed by atoms with Gasteiger partial charge in [0.05, 0.1) is 0 Å². The van der Waals surface area contributed by atoms with Gasteiger partial charge in [0.15, 0.2) is 0 Å². The second kappa shape index (κ2) is 8.09. The van der Waals surface area contributed by atoms with Crippen molar-refractivity contribution in [1.29, 1.82) is 0 Å². The lowest BCUT2D eigenvalue weighted by Gasteiger charge is -2.30. The van der Waals surface area contributed by atoms with Gasteiger partial charge in [0.25, 0.3) is 0 Å². The Morgan fingerprint density at radius 1 is 0.789 bits per heavy atom. The van der Waals surface area contributed by atoms with Crippen molar-refractivity contribution in [1.82, 2.24) is 0 Å². The molecule has 0 unspecified atom stereocenters. The second-order valence-electron chi connectivity index (χ2n) is 6.95. The smallest absolute Gasteiger partial charge is 0.0459 e. The lowest BCUT2D eigenvalue weighted by molar-refractivity contribution is 0.158. The van der Waals surface area contributed by atoms with E-state index in [2.05, 4.69) is 19.1 Å². The van der Waals surface area contributed by atoms with Crippen LogP contribution in [0.3, 0.4) is 0 Å². The van der Waals surface area contributed by atoms with E-state index in [-0.39, 0.29) is 0 Å². The van der Waals surface area contributed by atoms with Crippen LogP contribution in [0.4, 0.5) is 0 Å². The molecule has 0 aliphatic heterocycles. The van der Waals surface area contributed by atoms with Gasteiger partial charge in [-0.25, -0.2) is 0 Å². The molecular formula is C18H32O. The maximum Gasteiger partial charge on any atom is 0.0459 e. The van der Waals surface area contributed by atoms with Gasteiger partial charge < -0.3 is 5.11 Å². The van der Waals surface area contributed by atoms with E-state index < -0.39 is 0 Å². The number of hydrogen-bond donors (Lipinski definition) is 1. The number of aliphatic hydroxyl groups excluding tert-OH is 1. The third-order valence-corrected chi connectivity index (χ3v) is 5.56. The monoisotopic (exact) mass is 264 g/mol. The van der Waals surface area contributed by atoms with Crippen LogP contribution in [-0.4, -0.2) is 11.7 Å². The van der Waals surface area contributed by atoms with E-state index in [0.717, 1.165) is 17.8 Å². The molecule has 0 spiro atoms. The molecule has 1 nitrogen and oxygen atoms in total. The normalized spacial score (nSPS) is 36.7. The van der Waals surface area contributed by atoms with E-state index in [4.69, 9.17) is 0 Å². The van der Waals surface area contributed by atoms with Crippen LogP contribution in [0.1, 0.15) is 71.1 Å². The van der Waals surface area contributed by atoms with Crippen LogP contribution in [0, 0.1) is 23.7 Å². The quantitative estimate of drug-likeness (QED) is 0.697. The lowest BCUT2D eigenvalue weighted by Crippen LogP contribution is -2.19. The van der Waals surface area contributed by atoms with Crippen molar-refractivity contribution in [3.63, 3.8) is 0 Å². The summed E-state index contributed by atoms with van der Waals surface area (Å²) < 4.78 is 0. The third kappa shape index (κ3) is 4.95. The van der Waals surface area contributed by atoms with Crippen molar-refractivity contribution >= 4 is 0 Å². The number of aliphatic hydroxyl groups is 1. The molecule has 0 bridgehead atoms. The van der Waals surface area contributed by atoms with E-state index in [1.165, 1.54) is 64.2 Å². The average Bonchev–Trinajstić information content (AvgIpc) is 2.47. The Labute approximate surface area is 119 Å². The lowest BCUT2D eigenvalue weighted by atomic mass is 9.76. The van der Waals surface area contributed by atoms with Gasteiger partial charge in [-0.1, -0.05) is 37.8 Å². The zero-order valence-corrected chi connectivity index (χ0v) is 12.7. The summed E-state index contributed by atoms with van der Waals surface area (Å²) in [6.45, 7) is 2.57. The molecule has 0 radical (unpaired) electrons. The Hall–Kier alpha value is -0.300. The van der Waals surface area contributed by atoms with Crippen LogP contribution in [0.15, 0.2) is 12.2 Å². The molecule has 2 aliphatic carbocycles. The van der Waals surface area contributed by atoms with Crippen LogP contribution < -0.4 is 0 Å². The summed E-state index contributed by atoms with van der Waals surface area (Å²) in [5.74, 6) is 3.47. The molecule has 1 N–H and O–H groups in total. The highest BCUT2D eigenvalue weighted by molar-refractivity contribution is 4.89. The first-order valence-corrected chi connectivity index (χ1v) is 8.55.